The Morgan fingerprint density at radius 2 is 1.84 bits per heavy atom. The summed E-state index contributed by atoms with van der Waals surface area (Å²) in [5.41, 5.74) is 0.600. The van der Waals surface area contributed by atoms with Crippen molar-refractivity contribution in [1.82, 2.24) is 10.2 Å². The maximum atomic E-state index is 12.7. The summed E-state index contributed by atoms with van der Waals surface area (Å²) >= 11 is 6.45. The third-order valence-electron chi connectivity index (χ3n) is 4.28. The first kappa shape index (κ1) is 22.6. The monoisotopic (exact) mass is 466 g/mol. The highest BCUT2D eigenvalue weighted by Gasteiger charge is 2.34. The molecular weight excluding hydrogens is 448 g/mol. The second-order valence-corrected chi connectivity index (χ2v) is 7.52. The SMILES string of the molecule is COc1cc(/C=C2\SC(=O)N(CCNC(=O)c3ccc(Cl)o3)C2=O)cc(OC)c1OC. The number of methoxy groups -OCH3 is 3. The fourth-order valence-electron chi connectivity index (χ4n) is 2.83. The summed E-state index contributed by atoms with van der Waals surface area (Å²) in [4.78, 5) is 38.2. The maximum absolute atomic E-state index is 12.7. The lowest BCUT2D eigenvalue weighted by atomic mass is 10.1. The van der Waals surface area contributed by atoms with Crippen molar-refractivity contribution >= 4 is 46.5 Å². The van der Waals surface area contributed by atoms with Gasteiger partial charge in [-0.3, -0.25) is 19.3 Å². The lowest BCUT2D eigenvalue weighted by Gasteiger charge is -2.13. The molecule has 11 heteroatoms. The molecule has 0 unspecified atom stereocenters. The van der Waals surface area contributed by atoms with Crippen molar-refractivity contribution < 1.29 is 33.0 Å². The molecule has 0 aliphatic carbocycles. The Morgan fingerprint density at radius 3 is 2.39 bits per heavy atom. The van der Waals surface area contributed by atoms with Gasteiger partial charge in [0.1, 0.15) is 0 Å². The summed E-state index contributed by atoms with van der Waals surface area (Å²) < 4.78 is 20.9. The zero-order chi connectivity index (χ0) is 22.5. The van der Waals surface area contributed by atoms with Crippen LogP contribution in [-0.2, 0) is 4.79 Å². The van der Waals surface area contributed by atoms with Gasteiger partial charge in [-0.2, -0.15) is 0 Å². The molecule has 0 spiro atoms. The van der Waals surface area contributed by atoms with Crippen LogP contribution in [0.4, 0.5) is 4.79 Å². The Hall–Kier alpha value is -3.11. The van der Waals surface area contributed by atoms with Gasteiger partial charge in [-0.15, -0.1) is 0 Å². The zero-order valence-electron chi connectivity index (χ0n) is 16.9. The second-order valence-electron chi connectivity index (χ2n) is 6.15. The third kappa shape index (κ3) is 4.97. The number of thioether (sulfide) groups is 1. The van der Waals surface area contributed by atoms with Gasteiger partial charge < -0.3 is 23.9 Å². The zero-order valence-corrected chi connectivity index (χ0v) is 18.5. The van der Waals surface area contributed by atoms with E-state index in [4.69, 9.17) is 30.2 Å². The minimum absolute atomic E-state index is 0.0114. The molecule has 2 heterocycles. The van der Waals surface area contributed by atoms with Gasteiger partial charge in [0.2, 0.25) is 5.75 Å². The number of nitrogens with zero attached hydrogens (tertiary/aromatic N) is 1. The Labute approximate surface area is 187 Å². The largest absolute Gasteiger partial charge is 0.493 e. The van der Waals surface area contributed by atoms with Crippen LogP contribution in [0.3, 0.4) is 0 Å². The molecule has 1 aromatic carbocycles. The molecule has 31 heavy (non-hydrogen) atoms. The molecule has 1 N–H and O–H groups in total. The van der Waals surface area contributed by atoms with Gasteiger partial charge >= 0.3 is 0 Å². The van der Waals surface area contributed by atoms with Crippen LogP contribution in [0.5, 0.6) is 17.2 Å². The lowest BCUT2D eigenvalue weighted by molar-refractivity contribution is -0.122. The molecule has 3 amide bonds. The summed E-state index contributed by atoms with van der Waals surface area (Å²) in [5.74, 6) is 0.359. The van der Waals surface area contributed by atoms with E-state index in [-0.39, 0.29) is 29.0 Å². The fourth-order valence-corrected chi connectivity index (χ4v) is 3.84. The Kier molecular flexibility index (Phi) is 7.13. The van der Waals surface area contributed by atoms with Crippen LogP contribution >= 0.6 is 23.4 Å². The number of carbonyl (C=O) groups is 3. The molecule has 0 radical (unpaired) electrons. The van der Waals surface area contributed by atoms with E-state index >= 15 is 0 Å². The molecular formula is C20H19ClN2O7S. The van der Waals surface area contributed by atoms with Gasteiger partial charge in [-0.1, -0.05) is 0 Å². The van der Waals surface area contributed by atoms with Crippen molar-refractivity contribution in [1.29, 1.82) is 0 Å². The van der Waals surface area contributed by atoms with Gasteiger partial charge in [0.15, 0.2) is 22.5 Å². The molecule has 9 nitrogen and oxygen atoms in total. The van der Waals surface area contributed by atoms with E-state index in [0.29, 0.717) is 22.8 Å². The van der Waals surface area contributed by atoms with Crippen molar-refractivity contribution in [3.05, 3.63) is 45.7 Å². The number of hydrogen-bond acceptors (Lipinski definition) is 8. The van der Waals surface area contributed by atoms with Crippen LogP contribution in [0.1, 0.15) is 16.1 Å². The smallest absolute Gasteiger partial charge is 0.293 e. The van der Waals surface area contributed by atoms with Gasteiger partial charge in [0.05, 0.1) is 26.2 Å². The minimum atomic E-state index is -0.494. The number of carbonyl (C=O) groups excluding carboxylic acids is 3. The molecule has 0 atom stereocenters. The van der Waals surface area contributed by atoms with Crippen LogP contribution in [0, 0.1) is 0 Å². The minimum Gasteiger partial charge on any atom is -0.493 e. The van der Waals surface area contributed by atoms with E-state index in [1.54, 1.807) is 18.2 Å². The molecule has 1 saturated heterocycles. The topological polar surface area (TPSA) is 107 Å². The molecule has 2 aromatic rings. The number of rotatable bonds is 8. The summed E-state index contributed by atoms with van der Waals surface area (Å²) in [5, 5.41) is 2.23. The average molecular weight is 467 g/mol. The van der Waals surface area contributed by atoms with Crippen molar-refractivity contribution in [2.75, 3.05) is 34.4 Å². The van der Waals surface area contributed by atoms with E-state index in [2.05, 4.69) is 5.32 Å². The molecule has 1 aromatic heterocycles. The van der Waals surface area contributed by atoms with Gasteiger partial charge in [-0.25, -0.2) is 0 Å². The predicted molar refractivity (Wildman–Crippen MR) is 115 cm³/mol. The van der Waals surface area contributed by atoms with Crippen LogP contribution in [0.2, 0.25) is 5.22 Å². The van der Waals surface area contributed by atoms with Crippen LogP contribution in [0.15, 0.2) is 33.6 Å². The number of hydrogen-bond donors (Lipinski definition) is 1. The van der Waals surface area contributed by atoms with Crippen LogP contribution in [0.25, 0.3) is 6.08 Å². The first-order valence-electron chi connectivity index (χ1n) is 8.96. The number of imide groups is 1. The normalized spacial score (nSPS) is 14.8. The molecule has 0 saturated carbocycles. The van der Waals surface area contributed by atoms with Crippen LogP contribution in [-0.4, -0.2) is 56.4 Å². The summed E-state index contributed by atoms with van der Waals surface area (Å²) in [7, 11) is 4.46. The first-order chi connectivity index (χ1) is 14.9. The quantitative estimate of drug-likeness (QED) is 0.589. The van der Waals surface area contributed by atoms with Crippen molar-refractivity contribution in [2.24, 2.45) is 0 Å². The Bertz CT molecular complexity index is 1020. The highest BCUT2D eigenvalue weighted by atomic mass is 35.5. The summed E-state index contributed by atoms with van der Waals surface area (Å²) in [6, 6.07) is 6.22. The molecule has 0 bridgehead atoms. The predicted octanol–water partition coefficient (Wildman–Crippen LogP) is 3.43. The van der Waals surface area contributed by atoms with E-state index in [0.717, 1.165) is 16.7 Å². The first-order valence-corrected chi connectivity index (χ1v) is 10.2. The van der Waals surface area contributed by atoms with Crippen molar-refractivity contribution in [3.63, 3.8) is 0 Å². The number of amides is 3. The third-order valence-corrected chi connectivity index (χ3v) is 5.39. The summed E-state index contributed by atoms with van der Waals surface area (Å²) in [6.07, 6.45) is 1.57. The van der Waals surface area contributed by atoms with E-state index in [9.17, 15) is 14.4 Å². The Balaban J connectivity index is 1.69. The van der Waals surface area contributed by atoms with Gasteiger partial charge in [0, 0.05) is 13.1 Å². The van der Waals surface area contributed by atoms with Crippen LogP contribution < -0.4 is 19.5 Å². The fraction of sp³-hybridized carbons (Fsp3) is 0.250. The molecule has 1 aliphatic heterocycles. The van der Waals surface area contributed by atoms with Crippen molar-refractivity contribution in [2.45, 2.75) is 0 Å². The molecule has 1 aliphatic rings. The van der Waals surface area contributed by atoms with Gasteiger partial charge in [-0.05, 0) is 59.3 Å². The molecule has 1 fully saturated rings. The lowest BCUT2D eigenvalue weighted by Crippen LogP contribution is -2.37. The van der Waals surface area contributed by atoms with E-state index < -0.39 is 17.1 Å². The highest BCUT2D eigenvalue weighted by Crippen LogP contribution is 2.40. The summed E-state index contributed by atoms with van der Waals surface area (Å²) in [6.45, 7) is 0.0735. The highest BCUT2D eigenvalue weighted by molar-refractivity contribution is 8.18. The number of ether oxygens (including phenoxy) is 3. The standard InChI is InChI=1S/C20H19ClN2O7S/c1-27-13-8-11(9-14(28-2)17(13)29-3)10-15-19(25)23(20(26)31-15)7-6-22-18(24)12-4-5-16(21)30-12/h4-5,8-10H,6-7H2,1-3H3,(H,22,24)/b15-10-. The number of nitrogens with one attached hydrogen (secondary N) is 1. The van der Waals surface area contributed by atoms with E-state index in [1.807, 2.05) is 0 Å². The maximum Gasteiger partial charge on any atom is 0.293 e. The number of halogens is 1. The number of benzene rings is 1. The number of furan rings is 1. The Morgan fingerprint density at radius 1 is 1.16 bits per heavy atom. The van der Waals surface area contributed by atoms with E-state index in [1.165, 1.54) is 33.5 Å². The van der Waals surface area contributed by atoms with Crippen molar-refractivity contribution in [3.8, 4) is 17.2 Å². The second kappa shape index (κ2) is 9.80. The molecule has 3 rings (SSSR count). The average Bonchev–Trinajstić information content (AvgIpc) is 3.31. The van der Waals surface area contributed by atoms with Gasteiger partial charge in [0.25, 0.3) is 17.1 Å². The molecule has 164 valence electrons.